The zero-order valence-corrected chi connectivity index (χ0v) is 20.4. The number of fused-ring (bicyclic) bond motifs is 1. The maximum atomic E-state index is 13.4. The van der Waals surface area contributed by atoms with E-state index < -0.39 is 0 Å². The molecule has 1 atom stereocenters. The van der Waals surface area contributed by atoms with Crippen molar-refractivity contribution in [2.24, 2.45) is 5.92 Å². The van der Waals surface area contributed by atoms with E-state index in [1.165, 1.54) is 11.8 Å². The molecule has 174 valence electrons. The van der Waals surface area contributed by atoms with Gasteiger partial charge in [-0.1, -0.05) is 49.3 Å². The van der Waals surface area contributed by atoms with Crippen LogP contribution >= 0.6 is 23.4 Å². The van der Waals surface area contributed by atoms with E-state index in [2.05, 4.69) is 5.32 Å². The Kier molecular flexibility index (Phi) is 7.73. The smallest absolute Gasteiger partial charge is 0.262 e. The number of benzene rings is 2. The number of rotatable bonds is 8. The van der Waals surface area contributed by atoms with Gasteiger partial charge in [0.05, 0.1) is 23.6 Å². The molecule has 1 N–H and O–H groups in total. The normalized spacial score (nSPS) is 15.9. The summed E-state index contributed by atoms with van der Waals surface area (Å²) >= 11 is 7.50. The highest BCUT2D eigenvalue weighted by Crippen LogP contribution is 2.25. The first-order valence-corrected chi connectivity index (χ1v) is 12.6. The van der Waals surface area contributed by atoms with E-state index in [1.54, 1.807) is 22.8 Å². The van der Waals surface area contributed by atoms with Gasteiger partial charge >= 0.3 is 0 Å². The molecule has 0 unspecified atom stereocenters. The highest BCUT2D eigenvalue weighted by atomic mass is 35.5. The van der Waals surface area contributed by atoms with Crippen LogP contribution in [-0.4, -0.2) is 34.7 Å². The highest BCUT2D eigenvalue weighted by molar-refractivity contribution is 7.98. The van der Waals surface area contributed by atoms with Gasteiger partial charge in [0.1, 0.15) is 0 Å². The first-order chi connectivity index (χ1) is 15.9. The third kappa shape index (κ3) is 5.96. The van der Waals surface area contributed by atoms with E-state index in [0.717, 1.165) is 25.0 Å². The fourth-order valence-electron chi connectivity index (χ4n) is 3.73. The third-order valence-corrected chi connectivity index (χ3v) is 6.84. The minimum atomic E-state index is -0.161. The molecule has 4 rings (SSSR count). The van der Waals surface area contributed by atoms with Crippen molar-refractivity contribution < 1.29 is 9.53 Å². The summed E-state index contributed by atoms with van der Waals surface area (Å²) < 4.78 is 7.51. The van der Waals surface area contributed by atoms with Crippen molar-refractivity contribution in [1.82, 2.24) is 14.9 Å². The summed E-state index contributed by atoms with van der Waals surface area (Å²) in [7, 11) is 0. The van der Waals surface area contributed by atoms with Crippen LogP contribution in [0.25, 0.3) is 10.9 Å². The van der Waals surface area contributed by atoms with Crippen molar-refractivity contribution in [3.63, 3.8) is 0 Å². The number of nitrogens with zero attached hydrogens (tertiary/aromatic N) is 2. The third-order valence-electron chi connectivity index (χ3n) is 5.54. The van der Waals surface area contributed by atoms with Crippen LogP contribution < -0.4 is 10.9 Å². The zero-order chi connectivity index (χ0) is 23.4. The number of ether oxygens (including phenoxy) is 1. The molecule has 2 aromatic carbocycles. The van der Waals surface area contributed by atoms with Crippen molar-refractivity contribution in [2.75, 3.05) is 13.2 Å². The summed E-state index contributed by atoms with van der Waals surface area (Å²) in [6, 6.07) is 12.7. The molecule has 1 aliphatic rings. The minimum Gasteiger partial charge on any atom is -0.376 e. The monoisotopic (exact) mass is 485 g/mol. The zero-order valence-electron chi connectivity index (χ0n) is 18.8. The van der Waals surface area contributed by atoms with Crippen LogP contribution in [0.1, 0.15) is 42.6 Å². The molecule has 0 aliphatic carbocycles. The fourth-order valence-corrected chi connectivity index (χ4v) is 4.82. The Bertz CT molecular complexity index is 1190. The average molecular weight is 486 g/mol. The molecule has 2 heterocycles. The number of hydrogen-bond acceptors (Lipinski definition) is 5. The van der Waals surface area contributed by atoms with Gasteiger partial charge in [0.25, 0.3) is 11.5 Å². The summed E-state index contributed by atoms with van der Waals surface area (Å²) in [4.78, 5) is 30.8. The minimum absolute atomic E-state index is 0.0120. The quantitative estimate of drug-likeness (QED) is 0.362. The maximum Gasteiger partial charge on any atom is 0.262 e. The number of carbonyl (C=O) groups excluding carboxylic acids is 1. The number of nitrogens with one attached hydrogen (secondary N) is 1. The Morgan fingerprint density at radius 2 is 2.06 bits per heavy atom. The maximum absolute atomic E-state index is 13.4. The molecule has 3 aromatic rings. The molecule has 1 fully saturated rings. The van der Waals surface area contributed by atoms with Crippen LogP contribution in [0.5, 0.6) is 0 Å². The topological polar surface area (TPSA) is 73.2 Å². The predicted octanol–water partition coefficient (Wildman–Crippen LogP) is 4.91. The van der Waals surface area contributed by atoms with Crippen molar-refractivity contribution in [3.05, 3.63) is 69.0 Å². The largest absolute Gasteiger partial charge is 0.376 e. The molecule has 1 aliphatic heterocycles. The van der Waals surface area contributed by atoms with Gasteiger partial charge in [0.15, 0.2) is 5.16 Å². The van der Waals surface area contributed by atoms with Gasteiger partial charge < -0.3 is 10.1 Å². The fraction of sp³-hybridized carbons (Fsp3) is 0.400. The van der Waals surface area contributed by atoms with E-state index in [9.17, 15) is 9.59 Å². The Morgan fingerprint density at radius 3 is 2.76 bits per heavy atom. The van der Waals surface area contributed by atoms with Crippen molar-refractivity contribution in [3.8, 4) is 0 Å². The Morgan fingerprint density at radius 1 is 1.27 bits per heavy atom. The van der Waals surface area contributed by atoms with Crippen LogP contribution in [0, 0.1) is 5.92 Å². The van der Waals surface area contributed by atoms with Gasteiger partial charge in [-0.2, -0.15) is 0 Å². The molecule has 0 spiro atoms. The second-order valence-corrected chi connectivity index (χ2v) is 10.1. The number of halogens is 1. The number of amides is 1. The number of aromatic nitrogens is 2. The average Bonchev–Trinajstić information content (AvgIpc) is 3.32. The first-order valence-electron chi connectivity index (χ1n) is 11.2. The molecule has 8 heteroatoms. The van der Waals surface area contributed by atoms with Crippen LogP contribution in [0.15, 0.2) is 52.4 Å². The predicted molar refractivity (Wildman–Crippen MR) is 133 cm³/mol. The molecule has 1 amide bonds. The van der Waals surface area contributed by atoms with Gasteiger partial charge in [-0.05, 0) is 54.7 Å². The van der Waals surface area contributed by atoms with Gasteiger partial charge in [-0.25, -0.2) is 4.98 Å². The molecule has 1 saturated heterocycles. The SMILES string of the molecule is CC(C)CNC(=O)c1ccc2c(=O)n(C[C@H]3CCCO3)c(SCc3ccc(Cl)cc3)nc2c1. The Balaban J connectivity index is 1.67. The molecular weight excluding hydrogens is 458 g/mol. The lowest BCUT2D eigenvalue weighted by atomic mass is 10.1. The summed E-state index contributed by atoms with van der Waals surface area (Å²) in [5.41, 5.74) is 2.01. The molecule has 33 heavy (non-hydrogen) atoms. The molecular formula is C25H28ClN3O3S. The molecule has 6 nitrogen and oxygen atoms in total. The van der Waals surface area contributed by atoms with Crippen molar-refractivity contribution >= 4 is 40.2 Å². The number of hydrogen-bond donors (Lipinski definition) is 1. The number of carbonyl (C=O) groups is 1. The van der Waals surface area contributed by atoms with Crippen LogP contribution in [0.4, 0.5) is 0 Å². The summed E-state index contributed by atoms with van der Waals surface area (Å²) in [5.74, 6) is 0.842. The van der Waals surface area contributed by atoms with Crippen molar-refractivity contribution in [1.29, 1.82) is 0 Å². The van der Waals surface area contributed by atoms with Crippen LogP contribution in [0.3, 0.4) is 0 Å². The summed E-state index contributed by atoms with van der Waals surface area (Å²) in [5, 5.41) is 4.73. The van der Waals surface area contributed by atoms with Gasteiger partial charge in [-0.15, -0.1) is 0 Å². The molecule has 1 aromatic heterocycles. The van der Waals surface area contributed by atoms with E-state index in [1.807, 2.05) is 38.1 Å². The first kappa shape index (κ1) is 23.8. The Labute approximate surface area is 202 Å². The van der Waals surface area contributed by atoms with Gasteiger partial charge in [0.2, 0.25) is 0 Å². The second-order valence-electron chi connectivity index (χ2n) is 8.70. The second kappa shape index (κ2) is 10.7. The van der Waals surface area contributed by atoms with Gasteiger partial charge in [-0.3, -0.25) is 14.2 Å². The number of thioether (sulfide) groups is 1. The van der Waals surface area contributed by atoms with E-state index in [4.69, 9.17) is 21.3 Å². The molecule has 0 bridgehead atoms. The lowest BCUT2D eigenvalue weighted by Gasteiger charge is -2.17. The Hall–Kier alpha value is -2.35. The van der Waals surface area contributed by atoms with E-state index in [0.29, 0.717) is 51.4 Å². The summed E-state index contributed by atoms with van der Waals surface area (Å²) in [6.45, 7) is 5.88. The van der Waals surface area contributed by atoms with E-state index in [-0.39, 0.29) is 17.6 Å². The van der Waals surface area contributed by atoms with Crippen molar-refractivity contribution in [2.45, 2.75) is 50.2 Å². The van der Waals surface area contributed by atoms with E-state index >= 15 is 0 Å². The lowest BCUT2D eigenvalue weighted by Crippen LogP contribution is -2.29. The highest BCUT2D eigenvalue weighted by Gasteiger charge is 2.21. The standard InChI is InChI=1S/C25H28ClN3O3S/c1-16(2)13-27-23(30)18-7-10-21-22(12-18)28-25(33-15-17-5-8-19(26)9-6-17)29(24(21)31)14-20-4-3-11-32-20/h5-10,12,16,20H,3-4,11,13-15H2,1-2H3,(H,27,30)/t20-/m1/s1. The van der Waals surface area contributed by atoms with Crippen LogP contribution in [0.2, 0.25) is 5.02 Å². The van der Waals surface area contributed by atoms with Crippen LogP contribution in [-0.2, 0) is 17.0 Å². The summed E-state index contributed by atoms with van der Waals surface area (Å²) in [6.07, 6.45) is 1.95. The molecule has 0 radical (unpaired) electrons. The molecule has 0 saturated carbocycles. The van der Waals surface area contributed by atoms with Gasteiger partial charge in [0, 0.05) is 29.5 Å². The lowest BCUT2D eigenvalue weighted by molar-refractivity contribution is 0.0937.